The third-order valence-corrected chi connectivity index (χ3v) is 10.7. The fourth-order valence-electron chi connectivity index (χ4n) is 6.17. The van der Waals surface area contributed by atoms with Crippen molar-refractivity contribution in [2.24, 2.45) is 4.99 Å². The van der Waals surface area contributed by atoms with E-state index in [-0.39, 0.29) is 35.9 Å². The van der Waals surface area contributed by atoms with Crippen molar-refractivity contribution in [1.29, 1.82) is 0 Å². The van der Waals surface area contributed by atoms with E-state index in [1.807, 2.05) is 42.5 Å². The van der Waals surface area contributed by atoms with Crippen molar-refractivity contribution in [2.75, 3.05) is 19.0 Å². The largest absolute Gasteiger partial charge is 0.494 e. The molecule has 0 saturated carbocycles. The molecule has 5 aromatic carbocycles. The van der Waals surface area contributed by atoms with Crippen LogP contribution in [0.15, 0.2) is 143 Å². The van der Waals surface area contributed by atoms with Gasteiger partial charge in [-0.25, -0.2) is 18.8 Å². The molecule has 1 heterocycles. The first-order valence-corrected chi connectivity index (χ1v) is 18.9. The quantitative estimate of drug-likeness (QED) is 0.0771. The van der Waals surface area contributed by atoms with E-state index < -0.39 is 44.9 Å². The zero-order valence-electron chi connectivity index (χ0n) is 29.0. The summed E-state index contributed by atoms with van der Waals surface area (Å²) in [6.45, 7) is -0.107. The number of aliphatic hydroxyl groups is 1. The summed E-state index contributed by atoms with van der Waals surface area (Å²) in [4.78, 5) is 19.4. The van der Waals surface area contributed by atoms with Crippen LogP contribution in [0.2, 0.25) is 0 Å². The Labute approximate surface area is 311 Å². The Morgan fingerprint density at radius 2 is 1.43 bits per heavy atom. The molecular formula is C41H38F3N3O6S. The Balaban J connectivity index is 1.39. The van der Waals surface area contributed by atoms with Crippen LogP contribution in [0.25, 0.3) is 11.1 Å². The minimum absolute atomic E-state index is 0.0235. The summed E-state index contributed by atoms with van der Waals surface area (Å²) < 4.78 is 80.7. The van der Waals surface area contributed by atoms with Gasteiger partial charge in [0.15, 0.2) is 21.5 Å². The number of ether oxygens (including phenoxy) is 2. The van der Waals surface area contributed by atoms with E-state index in [9.17, 15) is 26.4 Å². The number of hydrazine groups is 1. The standard InChI is InChI=1S/C41H38F3N3O6S/c42-41(43,44)36-15-8-7-12-33(36)28-45-47-39(49)40(24-27-54(50,51)35-13-5-2-6-14-35)37(31-18-16-30(17-19-31)29-10-3-1-4-11-29)53-38(46-40)32-20-22-34(23-21-32)52-26-9-25-48/h1-8,10-23,37,45,48H,9,24-28H2,(H,47,49)/t37-,40-/m0/s1. The first-order chi connectivity index (χ1) is 26.0. The van der Waals surface area contributed by atoms with Gasteiger partial charge >= 0.3 is 6.18 Å². The Morgan fingerprint density at radius 1 is 0.815 bits per heavy atom. The molecule has 2 atom stereocenters. The predicted molar refractivity (Wildman–Crippen MR) is 198 cm³/mol. The minimum atomic E-state index is -4.62. The molecule has 0 aromatic heterocycles. The topological polar surface area (TPSA) is 126 Å². The molecule has 0 radical (unpaired) electrons. The second-order valence-corrected chi connectivity index (χ2v) is 14.7. The fourth-order valence-corrected chi connectivity index (χ4v) is 7.55. The maximum atomic E-state index is 14.5. The van der Waals surface area contributed by atoms with Gasteiger partial charge in [0.2, 0.25) is 5.90 Å². The minimum Gasteiger partial charge on any atom is -0.494 e. The van der Waals surface area contributed by atoms with E-state index in [1.54, 1.807) is 54.6 Å². The molecule has 0 aliphatic carbocycles. The fraction of sp³-hybridized carbons (Fsp3) is 0.220. The van der Waals surface area contributed by atoms with Gasteiger partial charge in [0.1, 0.15) is 5.75 Å². The predicted octanol–water partition coefficient (Wildman–Crippen LogP) is 7.08. The van der Waals surface area contributed by atoms with Gasteiger partial charge < -0.3 is 14.6 Å². The maximum Gasteiger partial charge on any atom is 0.416 e. The number of amides is 1. The van der Waals surface area contributed by atoms with E-state index in [0.717, 1.165) is 17.2 Å². The number of carbonyl (C=O) groups is 1. The Bertz CT molecular complexity index is 2170. The van der Waals surface area contributed by atoms with Gasteiger partial charge in [0.05, 0.1) is 22.8 Å². The summed E-state index contributed by atoms with van der Waals surface area (Å²) >= 11 is 0. The summed E-state index contributed by atoms with van der Waals surface area (Å²) in [7, 11) is -3.94. The highest BCUT2D eigenvalue weighted by Gasteiger charge is 2.53. The number of nitrogens with one attached hydrogen (secondary N) is 2. The molecule has 6 rings (SSSR count). The van der Waals surface area contributed by atoms with Crippen molar-refractivity contribution in [3.63, 3.8) is 0 Å². The van der Waals surface area contributed by atoms with Crippen LogP contribution in [-0.2, 0) is 32.1 Å². The second kappa shape index (κ2) is 16.7. The van der Waals surface area contributed by atoms with Crippen LogP contribution in [0.3, 0.4) is 0 Å². The summed E-state index contributed by atoms with van der Waals surface area (Å²) in [5.74, 6) is -0.715. The summed E-state index contributed by atoms with van der Waals surface area (Å²) in [5.41, 5.74) is 5.13. The van der Waals surface area contributed by atoms with Crippen molar-refractivity contribution in [3.8, 4) is 16.9 Å². The highest BCUT2D eigenvalue weighted by molar-refractivity contribution is 7.91. The third kappa shape index (κ3) is 8.82. The molecule has 0 bridgehead atoms. The number of alkyl halides is 3. The lowest BCUT2D eigenvalue weighted by molar-refractivity contribution is -0.138. The molecule has 280 valence electrons. The van der Waals surface area contributed by atoms with Gasteiger partial charge in [-0.05, 0) is 64.7 Å². The maximum absolute atomic E-state index is 14.5. The number of nitrogens with zero attached hydrogens (tertiary/aromatic N) is 1. The number of rotatable bonds is 15. The number of aliphatic imine (C=N–C) groups is 1. The molecule has 0 saturated heterocycles. The van der Waals surface area contributed by atoms with Gasteiger partial charge in [0.25, 0.3) is 5.91 Å². The van der Waals surface area contributed by atoms with Gasteiger partial charge in [-0.1, -0.05) is 91.0 Å². The third-order valence-electron chi connectivity index (χ3n) is 9.01. The van der Waals surface area contributed by atoms with Crippen LogP contribution < -0.4 is 15.6 Å². The zero-order valence-corrected chi connectivity index (χ0v) is 29.8. The van der Waals surface area contributed by atoms with Gasteiger partial charge in [0, 0.05) is 31.6 Å². The lowest BCUT2D eigenvalue weighted by Crippen LogP contribution is -2.53. The summed E-state index contributed by atoms with van der Waals surface area (Å²) in [5, 5.41) is 9.10. The van der Waals surface area contributed by atoms with E-state index in [1.165, 1.54) is 30.3 Å². The van der Waals surface area contributed by atoms with E-state index in [4.69, 9.17) is 19.6 Å². The molecular weight excluding hydrogens is 720 g/mol. The van der Waals surface area contributed by atoms with Crippen LogP contribution in [0.4, 0.5) is 13.2 Å². The van der Waals surface area contributed by atoms with E-state index in [0.29, 0.717) is 29.9 Å². The zero-order chi connectivity index (χ0) is 38.2. The Kier molecular flexibility index (Phi) is 11.8. The van der Waals surface area contributed by atoms with Crippen LogP contribution in [0, 0.1) is 0 Å². The molecule has 0 fully saturated rings. The smallest absolute Gasteiger partial charge is 0.416 e. The van der Waals surface area contributed by atoms with E-state index >= 15 is 0 Å². The van der Waals surface area contributed by atoms with Crippen molar-refractivity contribution in [2.45, 2.75) is 42.1 Å². The van der Waals surface area contributed by atoms with Gasteiger partial charge in [-0.15, -0.1) is 0 Å². The number of hydrogen-bond acceptors (Lipinski definition) is 8. The number of carbonyl (C=O) groups excluding carboxylic acids is 1. The van der Waals surface area contributed by atoms with Crippen molar-refractivity contribution in [3.05, 3.63) is 156 Å². The molecule has 13 heteroatoms. The van der Waals surface area contributed by atoms with Crippen molar-refractivity contribution >= 4 is 21.6 Å². The number of hydrogen-bond donors (Lipinski definition) is 3. The first-order valence-electron chi connectivity index (χ1n) is 17.2. The van der Waals surface area contributed by atoms with Crippen molar-refractivity contribution in [1.82, 2.24) is 10.9 Å². The highest BCUT2D eigenvalue weighted by Crippen LogP contribution is 2.43. The Hall–Kier alpha value is -5.50. The Morgan fingerprint density at radius 3 is 2.09 bits per heavy atom. The van der Waals surface area contributed by atoms with Crippen LogP contribution >= 0.6 is 0 Å². The number of halogens is 3. The van der Waals surface area contributed by atoms with Crippen molar-refractivity contribution < 1.29 is 41.0 Å². The molecule has 3 N–H and O–H groups in total. The lowest BCUT2D eigenvalue weighted by Gasteiger charge is -2.31. The highest BCUT2D eigenvalue weighted by atomic mass is 32.2. The lowest BCUT2D eigenvalue weighted by atomic mass is 9.84. The molecule has 1 amide bonds. The number of aliphatic hydroxyl groups excluding tert-OH is 1. The normalized spacial score (nSPS) is 17.0. The molecule has 9 nitrogen and oxygen atoms in total. The number of benzene rings is 5. The van der Waals surface area contributed by atoms with Gasteiger partial charge in [-0.2, -0.15) is 13.2 Å². The molecule has 0 unspecified atom stereocenters. The summed E-state index contributed by atoms with van der Waals surface area (Å²) in [6.07, 6.45) is -5.66. The second-order valence-electron chi connectivity index (χ2n) is 12.6. The molecule has 54 heavy (non-hydrogen) atoms. The summed E-state index contributed by atoms with van der Waals surface area (Å²) in [6, 6.07) is 36.5. The molecule has 1 aliphatic heterocycles. The number of sulfone groups is 1. The van der Waals surface area contributed by atoms with E-state index in [2.05, 4.69) is 10.9 Å². The van der Waals surface area contributed by atoms with Crippen LogP contribution in [0.1, 0.15) is 41.2 Å². The average Bonchev–Trinajstić information content (AvgIpc) is 3.59. The molecule has 5 aromatic rings. The molecule has 1 aliphatic rings. The first kappa shape index (κ1) is 38.2. The van der Waals surface area contributed by atoms with Gasteiger partial charge in [-0.3, -0.25) is 10.2 Å². The SMILES string of the molecule is O=C(NNCc1ccccc1C(F)(F)F)[C@@]1(CCS(=O)(=O)c2ccccc2)N=C(c2ccc(OCCCO)cc2)O[C@H]1c1ccc(-c2ccccc2)cc1. The molecule has 0 spiro atoms. The average molecular weight is 758 g/mol. The van der Waals surface area contributed by atoms with Crippen LogP contribution in [-0.4, -0.2) is 49.8 Å². The monoisotopic (exact) mass is 757 g/mol. The van der Waals surface area contributed by atoms with Crippen LogP contribution in [0.5, 0.6) is 5.75 Å².